The summed E-state index contributed by atoms with van der Waals surface area (Å²) in [7, 11) is 8.71. The molecule has 0 aliphatic heterocycles. The molecule has 4 aromatic heterocycles. The van der Waals surface area contributed by atoms with Gasteiger partial charge in [0.1, 0.15) is 22.8 Å². The molecule has 0 bridgehead atoms. The monoisotopic (exact) mass is 823 g/mol. The summed E-state index contributed by atoms with van der Waals surface area (Å²) >= 11 is 0. The zero-order valence-corrected chi connectivity index (χ0v) is 34.8. The van der Waals surface area contributed by atoms with E-state index in [0.717, 1.165) is 11.1 Å². The van der Waals surface area contributed by atoms with Crippen molar-refractivity contribution in [2.24, 2.45) is 28.2 Å². The maximum Gasteiger partial charge on any atom is 0.272 e. The Morgan fingerprint density at radius 1 is 0.576 bits per heavy atom. The Balaban J connectivity index is 0.969. The van der Waals surface area contributed by atoms with Crippen LogP contribution in [0, 0.1) is 0 Å². The molecule has 0 saturated carbocycles. The summed E-state index contributed by atoms with van der Waals surface area (Å²) in [5.74, 6) is -1.54. The van der Waals surface area contributed by atoms with Crippen molar-refractivity contribution in [3.05, 3.63) is 114 Å². The second kappa shape index (κ2) is 17.5. The molecule has 4 amide bonds. The van der Waals surface area contributed by atoms with Gasteiger partial charge in [-0.2, -0.15) is 0 Å². The lowest BCUT2D eigenvalue weighted by Gasteiger charge is -2.19. The third-order valence-electron chi connectivity index (χ3n) is 9.86. The van der Waals surface area contributed by atoms with E-state index in [9.17, 15) is 27.6 Å². The van der Waals surface area contributed by atoms with E-state index in [4.69, 9.17) is 0 Å². The third-order valence-corrected chi connectivity index (χ3v) is 11.4. The van der Waals surface area contributed by atoms with Crippen molar-refractivity contribution in [1.82, 2.24) is 33.2 Å². The zero-order valence-electron chi connectivity index (χ0n) is 34.0. The number of hydrogen-bond donors (Lipinski definition) is 5. The van der Waals surface area contributed by atoms with Crippen LogP contribution in [0.25, 0.3) is 10.8 Å². The highest BCUT2D eigenvalue weighted by Gasteiger charge is 2.21. The van der Waals surface area contributed by atoms with Gasteiger partial charge in [-0.3, -0.25) is 19.2 Å². The number of carbonyl (C=O) groups excluding carboxylic acids is 4. The van der Waals surface area contributed by atoms with Gasteiger partial charge in [0.25, 0.3) is 23.6 Å². The number of aromatic nitrogens is 4. The second-order valence-corrected chi connectivity index (χ2v) is 16.3. The van der Waals surface area contributed by atoms with E-state index < -0.39 is 21.8 Å². The van der Waals surface area contributed by atoms with Crippen molar-refractivity contribution < 1.29 is 27.6 Å². The van der Waals surface area contributed by atoms with Crippen molar-refractivity contribution in [3.8, 4) is 0 Å². The number of rotatable bonds is 16. The minimum Gasteiger partial charge on any atom is -0.377 e. The highest BCUT2D eigenvalue weighted by atomic mass is 32.2. The molecule has 0 saturated heterocycles. The summed E-state index contributed by atoms with van der Waals surface area (Å²) in [5, 5.41) is 12.8. The molecule has 6 aromatic rings. The minimum absolute atomic E-state index is 0.177. The maximum atomic E-state index is 13.3. The van der Waals surface area contributed by atoms with Crippen LogP contribution in [0.4, 0.5) is 22.7 Å². The molecule has 0 unspecified atom stereocenters. The number of hydrogen-bond acceptors (Lipinski definition) is 8. The van der Waals surface area contributed by atoms with Crippen LogP contribution < -0.4 is 30.9 Å². The standard InChI is InChI=1S/C41H49N11O6S/c1-47(2)32-13-8-12-31-30(32)11-9-15-37(31)59(57,58)43-17-20-48(3)19-16-42-38(53)34-21-27(24-50(34)5)45-40(55)36-23-29(26-52(36)7)46-41(56)35-22-28(25-51(35)6)44-39(54)33-14-10-18-49(33)4/h8-15,18,21-26,43H,16-17,19-20H2,1-7H3,(H,42,53)(H,44,54)(H,45,55)(H,46,56). The average Bonchev–Trinajstić information content (AvgIpc) is 3.96. The first-order chi connectivity index (χ1) is 28.0. The van der Waals surface area contributed by atoms with E-state index in [1.165, 1.54) is 6.07 Å². The fourth-order valence-electron chi connectivity index (χ4n) is 6.76. The normalized spacial score (nSPS) is 11.5. The number of fused-ring (bicyclic) bond motifs is 1. The first-order valence-corrected chi connectivity index (χ1v) is 20.2. The van der Waals surface area contributed by atoms with Gasteiger partial charge in [-0.1, -0.05) is 24.3 Å². The fraction of sp³-hybridized carbons (Fsp3) is 0.268. The van der Waals surface area contributed by atoms with Gasteiger partial charge in [0, 0.05) is 110 Å². The molecular weight excluding hydrogens is 775 g/mol. The highest BCUT2D eigenvalue weighted by molar-refractivity contribution is 7.89. The Hall–Kier alpha value is -6.63. The largest absolute Gasteiger partial charge is 0.377 e. The number of benzene rings is 2. The summed E-state index contributed by atoms with van der Waals surface area (Å²) in [6, 6.07) is 19.0. The minimum atomic E-state index is -3.78. The molecule has 0 fully saturated rings. The van der Waals surface area contributed by atoms with Gasteiger partial charge in [-0.05, 0) is 49.5 Å². The van der Waals surface area contributed by atoms with Gasteiger partial charge < -0.3 is 49.3 Å². The summed E-state index contributed by atoms with van der Waals surface area (Å²) in [5.41, 5.74) is 3.52. The highest BCUT2D eigenvalue weighted by Crippen LogP contribution is 2.30. The van der Waals surface area contributed by atoms with Crippen molar-refractivity contribution >= 4 is 67.2 Å². The van der Waals surface area contributed by atoms with Crippen molar-refractivity contribution in [3.63, 3.8) is 0 Å². The predicted molar refractivity (Wildman–Crippen MR) is 229 cm³/mol. The lowest BCUT2D eigenvalue weighted by Crippen LogP contribution is -2.37. The number of nitrogens with one attached hydrogen (secondary N) is 5. The van der Waals surface area contributed by atoms with Crippen LogP contribution in [0.3, 0.4) is 0 Å². The van der Waals surface area contributed by atoms with Gasteiger partial charge in [0.05, 0.1) is 22.0 Å². The van der Waals surface area contributed by atoms with Gasteiger partial charge in [-0.25, -0.2) is 13.1 Å². The maximum absolute atomic E-state index is 13.3. The lowest BCUT2D eigenvalue weighted by molar-refractivity contribution is 0.0939. The zero-order chi connectivity index (χ0) is 42.6. The first-order valence-electron chi connectivity index (χ1n) is 18.7. The molecule has 0 atom stereocenters. The molecule has 0 aliphatic carbocycles. The van der Waals surface area contributed by atoms with Crippen molar-refractivity contribution in [1.29, 1.82) is 0 Å². The topological polar surface area (TPSA) is 189 Å². The average molecular weight is 824 g/mol. The third kappa shape index (κ3) is 9.57. The Morgan fingerprint density at radius 2 is 1.07 bits per heavy atom. The Morgan fingerprint density at radius 3 is 1.59 bits per heavy atom. The van der Waals surface area contributed by atoms with Crippen LogP contribution >= 0.6 is 0 Å². The quantitative estimate of drug-likeness (QED) is 0.0979. The number of nitrogens with zero attached hydrogens (tertiary/aromatic N) is 6. The molecule has 2 aromatic carbocycles. The van der Waals surface area contributed by atoms with E-state index in [1.807, 2.05) is 49.1 Å². The first kappa shape index (κ1) is 42.0. The van der Waals surface area contributed by atoms with E-state index in [0.29, 0.717) is 59.2 Å². The Kier molecular flexibility index (Phi) is 12.4. The summed E-state index contributed by atoms with van der Waals surface area (Å²) in [6.45, 7) is 1.35. The molecule has 6 rings (SSSR count). The number of likely N-dealkylation sites (N-methyl/N-ethyl adjacent to an activating group) is 1. The number of carbonyl (C=O) groups is 4. The molecule has 310 valence electrons. The van der Waals surface area contributed by atoms with Gasteiger partial charge >= 0.3 is 0 Å². The number of anilines is 4. The molecule has 59 heavy (non-hydrogen) atoms. The summed E-state index contributed by atoms with van der Waals surface area (Å²) in [4.78, 5) is 56.3. The van der Waals surface area contributed by atoms with Crippen molar-refractivity contribution in [2.75, 3.05) is 68.2 Å². The molecule has 17 nitrogen and oxygen atoms in total. The molecule has 18 heteroatoms. The summed E-state index contributed by atoms with van der Waals surface area (Å²) < 4.78 is 35.7. The summed E-state index contributed by atoms with van der Waals surface area (Å²) in [6.07, 6.45) is 6.63. The van der Waals surface area contributed by atoms with Gasteiger partial charge in [0.2, 0.25) is 10.0 Å². The molecule has 0 aliphatic rings. The molecular formula is C41H49N11O6S. The molecule has 4 heterocycles. The molecule has 0 spiro atoms. The van der Waals surface area contributed by atoms with E-state index in [2.05, 4.69) is 26.0 Å². The number of amides is 4. The van der Waals surface area contributed by atoms with Crippen LogP contribution in [-0.2, 0) is 38.2 Å². The van der Waals surface area contributed by atoms with E-state index in [-0.39, 0.29) is 28.9 Å². The van der Waals surface area contributed by atoms with E-state index in [1.54, 1.807) is 114 Å². The van der Waals surface area contributed by atoms with Gasteiger partial charge in [0.15, 0.2) is 0 Å². The van der Waals surface area contributed by atoms with Gasteiger partial charge in [-0.15, -0.1) is 0 Å². The smallest absolute Gasteiger partial charge is 0.272 e. The predicted octanol–water partition coefficient (Wildman–Crippen LogP) is 3.66. The van der Waals surface area contributed by atoms with Crippen LogP contribution in [0.2, 0.25) is 0 Å². The second-order valence-electron chi connectivity index (χ2n) is 14.5. The Labute approximate surface area is 342 Å². The van der Waals surface area contributed by atoms with Crippen LogP contribution in [0.5, 0.6) is 0 Å². The van der Waals surface area contributed by atoms with Crippen molar-refractivity contribution in [2.45, 2.75) is 4.90 Å². The number of sulfonamides is 1. The lowest BCUT2D eigenvalue weighted by atomic mass is 10.1. The Bertz CT molecular complexity index is 2650. The fourth-order valence-corrected chi connectivity index (χ4v) is 8.00. The molecule has 0 radical (unpaired) electrons. The molecule has 5 N–H and O–H groups in total. The van der Waals surface area contributed by atoms with Crippen LogP contribution in [-0.4, -0.2) is 103 Å². The van der Waals surface area contributed by atoms with Crippen LogP contribution in [0.1, 0.15) is 42.0 Å². The number of aryl methyl sites for hydroxylation is 4. The SMILES string of the molecule is CN(CCNC(=O)c1cc(NC(=O)c2cc(NC(=O)c3cc(NC(=O)c4cccn4C)cn3C)cn2C)cn1C)CCNS(=O)(=O)c1cccc2c(N(C)C)cccc12. The van der Waals surface area contributed by atoms with Crippen LogP contribution in [0.15, 0.2) is 96.4 Å². The van der Waals surface area contributed by atoms with E-state index >= 15 is 0 Å².